The van der Waals surface area contributed by atoms with Crippen molar-refractivity contribution in [1.29, 1.82) is 0 Å². The second-order valence-electron chi connectivity index (χ2n) is 8.67. The predicted molar refractivity (Wildman–Crippen MR) is 152 cm³/mol. The van der Waals surface area contributed by atoms with Crippen LogP contribution in [0, 0.1) is 0 Å². The van der Waals surface area contributed by atoms with Gasteiger partial charge < -0.3 is 20.5 Å². The van der Waals surface area contributed by atoms with Gasteiger partial charge in [0.1, 0.15) is 16.9 Å². The van der Waals surface area contributed by atoms with Crippen molar-refractivity contribution in [3.05, 3.63) is 71.4 Å². The molecule has 9 nitrogen and oxygen atoms in total. The zero-order chi connectivity index (χ0) is 28.6. The maximum Gasteiger partial charge on any atom is 0.331 e. The van der Waals surface area contributed by atoms with Gasteiger partial charge in [-0.2, -0.15) is 0 Å². The van der Waals surface area contributed by atoms with Gasteiger partial charge in [-0.25, -0.2) is 9.78 Å². The highest BCUT2D eigenvalue weighted by Crippen LogP contribution is 2.29. The summed E-state index contributed by atoms with van der Waals surface area (Å²) in [5.74, 6) is -1.92. The number of nitrogens with zero attached hydrogens (tertiary/aromatic N) is 1. The molecule has 208 valence electrons. The van der Waals surface area contributed by atoms with Gasteiger partial charge in [-0.3, -0.25) is 14.4 Å². The van der Waals surface area contributed by atoms with Crippen molar-refractivity contribution in [2.45, 2.75) is 57.0 Å². The zero-order valence-electron chi connectivity index (χ0n) is 22.0. The molecule has 0 aliphatic heterocycles. The monoisotopic (exact) mass is 571 g/mol. The zero-order valence-corrected chi connectivity index (χ0v) is 23.6. The van der Waals surface area contributed by atoms with E-state index in [1.807, 2.05) is 18.2 Å². The summed E-state index contributed by atoms with van der Waals surface area (Å²) in [6.07, 6.45) is 2.48. The van der Waals surface area contributed by atoms with E-state index in [1.165, 1.54) is 35.4 Å². The average molecular weight is 572 g/mol. The van der Waals surface area contributed by atoms with E-state index in [4.69, 9.17) is 0 Å². The van der Waals surface area contributed by atoms with Crippen LogP contribution in [0.15, 0.2) is 70.9 Å². The summed E-state index contributed by atoms with van der Waals surface area (Å²) in [6.45, 7) is 2.97. The standard InChI is InChI=1S/C28H33N3O6S2/c1-19(32)13-14-22(20(2)28(36)37)27(35)31-26(21-9-4-3-5-10-21)23(33)11-8-17-29-24(34)15-18-38-39-25-12-6-7-16-30-25/h3-7,9-10,12,16,26H,8,11,13-15,17-18H2,1-2H3,(H,29,34)(H,31,35)(H,36,37)/b22-20-/t26-/m0/s1. The lowest BCUT2D eigenvalue weighted by molar-refractivity contribution is -0.133. The summed E-state index contributed by atoms with van der Waals surface area (Å²) >= 11 is 0. The first-order valence-electron chi connectivity index (χ1n) is 12.5. The summed E-state index contributed by atoms with van der Waals surface area (Å²) in [5.41, 5.74) is 0.339. The van der Waals surface area contributed by atoms with Gasteiger partial charge in [0, 0.05) is 48.9 Å². The number of aromatic nitrogens is 1. The number of hydrogen-bond acceptors (Lipinski definition) is 8. The Bertz CT molecular complexity index is 1170. The van der Waals surface area contributed by atoms with Gasteiger partial charge >= 0.3 is 5.97 Å². The van der Waals surface area contributed by atoms with Crippen molar-refractivity contribution in [3.8, 4) is 0 Å². The summed E-state index contributed by atoms with van der Waals surface area (Å²) in [6, 6.07) is 13.3. The van der Waals surface area contributed by atoms with Crippen LogP contribution in [-0.2, 0) is 24.0 Å². The molecule has 1 atom stereocenters. The smallest absolute Gasteiger partial charge is 0.331 e. The van der Waals surface area contributed by atoms with Gasteiger partial charge in [0.05, 0.1) is 0 Å². The Hall–Kier alpha value is -3.44. The Morgan fingerprint density at radius 3 is 2.28 bits per heavy atom. The number of carboxylic acids is 1. The van der Waals surface area contributed by atoms with Crippen molar-refractivity contribution >= 4 is 50.9 Å². The number of aliphatic carboxylic acids is 1. The minimum Gasteiger partial charge on any atom is -0.478 e. The van der Waals surface area contributed by atoms with Crippen molar-refractivity contribution in [2.24, 2.45) is 0 Å². The number of Topliss-reactive ketones (excluding diaryl/α,β-unsaturated/α-hetero) is 2. The van der Waals surface area contributed by atoms with Crippen LogP contribution in [0.1, 0.15) is 57.6 Å². The third-order valence-electron chi connectivity index (χ3n) is 5.62. The van der Waals surface area contributed by atoms with Crippen LogP contribution >= 0.6 is 21.6 Å². The molecule has 1 aromatic heterocycles. The van der Waals surface area contributed by atoms with Crippen LogP contribution in [0.25, 0.3) is 0 Å². The van der Waals surface area contributed by atoms with E-state index in [2.05, 4.69) is 15.6 Å². The number of hydrogen-bond donors (Lipinski definition) is 3. The fraction of sp³-hybridized carbons (Fsp3) is 0.357. The molecule has 0 saturated carbocycles. The van der Waals surface area contributed by atoms with E-state index in [1.54, 1.807) is 36.5 Å². The summed E-state index contributed by atoms with van der Waals surface area (Å²) in [5, 5.41) is 15.8. The highest BCUT2D eigenvalue weighted by molar-refractivity contribution is 8.76. The lowest BCUT2D eigenvalue weighted by atomic mass is 9.97. The molecule has 39 heavy (non-hydrogen) atoms. The number of amides is 2. The van der Waals surface area contributed by atoms with E-state index < -0.39 is 17.9 Å². The predicted octanol–water partition coefficient (Wildman–Crippen LogP) is 4.31. The molecule has 2 aromatic rings. The SMILES string of the molecule is CC(=O)CC/C(C(=O)N[C@H](C(=O)CCCNC(=O)CCSSc1ccccn1)c1ccccc1)=C(\C)C(=O)O. The van der Waals surface area contributed by atoms with E-state index >= 15 is 0 Å². The summed E-state index contributed by atoms with van der Waals surface area (Å²) < 4.78 is 0. The quantitative estimate of drug-likeness (QED) is 0.144. The molecule has 1 heterocycles. The highest BCUT2D eigenvalue weighted by Gasteiger charge is 2.25. The van der Waals surface area contributed by atoms with Crippen molar-refractivity contribution in [2.75, 3.05) is 12.3 Å². The summed E-state index contributed by atoms with van der Waals surface area (Å²) in [7, 11) is 3.04. The molecule has 0 radical (unpaired) electrons. The molecule has 1 aromatic carbocycles. The Morgan fingerprint density at radius 2 is 1.64 bits per heavy atom. The first kappa shape index (κ1) is 31.8. The van der Waals surface area contributed by atoms with Crippen LogP contribution in [0.2, 0.25) is 0 Å². The topological polar surface area (TPSA) is 143 Å². The number of ketones is 2. The minimum atomic E-state index is -1.27. The molecule has 0 aliphatic carbocycles. The Kier molecular flexibility index (Phi) is 14.0. The maximum atomic E-state index is 13.1. The van der Waals surface area contributed by atoms with E-state index in [0.29, 0.717) is 30.7 Å². The van der Waals surface area contributed by atoms with Gasteiger partial charge in [0.25, 0.3) is 0 Å². The number of rotatable bonds is 17. The Labute approximate surface area is 236 Å². The number of nitrogens with one attached hydrogen (secondary N) is 2. The third kappa shape index (κ3) is 11.9. The molecule has 2 rings (SSSR count). The fourth-order valence-electron chi connectivity index (χ4n) is 3.47. The number of benzene rings is 1. The fourth-order valence-corrected chi connectivity index (χ4v) is 5.34. The van der Waals surface area contributed by atoms with Crippen molar-refractivity contribution in [1.82, 2.24) is 15.6 Å². The van der Waals surface area contributed by atoms with Crippen LogP contribution in [-0.4, -0.2) is 51.7 Å². The molecule has 11 heteroatoms. The van der Waals surface area contributed by atoms with E-state index in [9.17, 15) is 29.1 Å². The second-order valence-corrected chi connectivity index (χ2v) is 11.1. The van der Waals surface area contributed by atoms with E-state index in [-0.39, 0.29) is 47.9 Å². The highest BCUT2D eigenvalue weighted by atomic mass is 33.1. The first-order chi connectivity index (χ1) is 18.7. The molecule has 0 fully saturated rings. The molecule has 3 N–H and O–H groups in total. The largest absolute Gasteiger partial charge is 0.478 e. The average Bonchev–Trinajstić information content (AvgIpc) is 2.92. The number of carbonyl (C=O) groups is 5. The lowest BCUT2D eigenvalue weighted by Gasteiger charge is -2.20. The number of carboxylic acid groups (broad SMARTS) is 1. The Morgan fingerprint density at radius 1 is 0.923 bits per heavy atom. The van der Waals surface area contributed by atoms with Gasteiger partial charge in [-0.05, 0) is 55.2 Å². The maximum absolute atomic E-state index is 13.1. The molecular weight excluding hydrogens is 538 g/mol. The Balaban J connectivity index is 1.91. The molecule has 2 amide bonds. The van der Waals surface area contributed by atoms with Gasteiger partial charge in [-0.1, -0.05) is 47.2 Å². The molecule has 0 unspecified atom stereocenters. The van der Waals surface area contributed by atoms with Crippen molar-refractivity contribution < 1.29 is 29.1 Å². The van der Waals surface area contributed by atoms with Crippen LogP contribution in [0.4, 0.5) is 0 Å². The molecule has 0 spiro atoms. The third-order valence-corrected chi connectivity index (χ3v) is 7.89. The molecule has 0 bridgehead atoms. The van der Waals surface area contributed by atoms with Gasteiger partial charge in [0.15, 0.2) is 5.78 Å². The summed E-state index contributed by atoms with van der Waals surface area (Å²) in [4.78, 5) is 65.5. The number of carbonyl (C=O) groups excluding carboxylic acids is 4. The minimum absolute atomic E-state index is 0.0113. The second kappa shape index (κ2) is 17.2. The van der Waals surface area contributed by atoms with Crippen LogP contribution < -0.4 is 10.6 Å². The lowest BCUT2D eigenvalue weighted by Crippen LogP contribution is -2.36. The normalized spacial score (nSPS) is 12.2. The molecule has 0 aliphatic rings. The first-order valence-corrected chi connectivity index (χ1v) is 14.8. The van der Waals surface area contributed by atoms with Crippen molar-refractivity contribution in [3.63, 3.8) is 0 Å². The van der Waals surface area contributed by atoms with E-state index in [0.717, 1.165) is 5.03 Å². The van der Waals surface area contributed by atoms with Gasteiger partial charge in [0.2, 0.25) is 11.8 Å². The van der Waals surface area contributed by atoms with Crippen LogP contribution in [0.5, 0.6) is 0 Å². The van der Waals surface area contributed by atoms with Crippen LogP contribution in [0.3, 0.4) is 0 Å². The van der Waals surface area contributed by atoms with Gasteiger partial charge in [-0.15, -0.1) is 0 Å². The molecule has 0 saturated heterocycles. The molecular formula is C28H33N3O6S2. The number of pyridine rings is 1.